The van der Waals surface area contributed by atoms with Crippen LogP contribution in [0.25, 0.3) is 11.1 Å². The first kappa shape index (κ1) is 24.2. The van der Waals surface area contributed by atoms with Crippen LogP contribution in [-0.4, -0.2) is 22.8 Å². The van der Waals surface area contributed by atoms with E-state index < -0.39 is 0 Å². The van der Waals surface area contributed by atoms with Crippen molar-refractivity contribution in [3.8, 4) is 17.0 Å². The molecule has 0 spiro atoms. The molecule has 0 unspecified atom stereocenters. The van der Waals surface area contributed by atoms with Crippen LogP contribution in [0.3, 0.4) is 0 Å². The first-order valence-electron chi connectivity index (χ1n) is 14.1. The van der Waals surface area contributed by atoms with Gasteiger partial charge in [0.1, 0.15) is 5.82 Å². The van der Waals surface area contributed by atoms with E-state index in [0.717, 1.165) is 47.9 Å². The van der Waals surface area contributed by atoms with Crippen LogP contribution in [0.5, 0.6) is 5.88 Å². The number of allylic oxidation sites excluding steroid dienone is 1. The number of fused-ring (bicyclic) bond motifs is 5. The molecule has 4 aliphatic rings. The highest BCUT2D eigenvalue weighted by Crippen LogP contribution is 2.68. The lowest BCUT2D eigenvalue weighted by Gasteiger charge is -2.58. The summed E-state index contributed by atoms with van der Waals surface area (Å²) in [4.78, 5) is 5.04. The van der Waals surface area contributed by atoms with Gasteiger partial charge in [-0.15, -0.1) is 0 Å². The second-order valence-electron chi connectivity index (χ2n) is 12.4. The van der Waals surface area contributed by atoms with Crippen molar-refractivity contribution in [2.75, 3.05) is 6.61 Å². The molecule has 1 heterocycles. The van der Waals surface area contributed by atoms with Crippen molar-refractivity contribution in [3.63, 3.8) is 0 Å². The monoisotopic (exact) mass is 489 g/mol. The molecule has 192 valence electrons. The Hall–Kier alpha value is -2.20. The zero-order chi connectivity index (χ0) is 25.1. The first-order valence-corrected chi connectivity index (χ1v) is 14.1. The van der Waals surface area contributed by atoms with Gasteiger partial charge >= 0.3 is 0 Å². The van der Waals surface area contributed by atoms with E-state index in [0.29, 0.717) is 24.3 Å². The number of aliphatic hydroxyl groups excluding tert-OH is 1. The van der Waals surface area contributed by atoms with E-state index in [2.05, 4.69) is 26.0 Å². The van der Waals surface area contributed by atoms with E-state index >= 15 is 0 Å². The van der Waals surface area contributed by atoms with Gasteiger partial charge in [0.25, 0.3) is 0 Å². The predicted molar refractivity (Wildman–Crippen MR) is 141 cm³/mol. The van der Waals surface area contributed by atoms with Gasteiger partial charge < -0.3 is 9.84 Å². The second-order valence-corrected chi connectivity index (χ2v) is 12.4. The lowest BCUT2D eigenvalue weighted by molar-refractivity contribution is -0.0412. The van der Waals surface area contributed by atoms with Gasteiger partial charge in [-0.3, -0.25) is 0 Å². The molecular formula is C32H40FNO2. The molecule has 3 saturated carbocycles. The average Bonchev–Trinajstić information content (AvgIpc) is 3.22. The van der Waals surface area contributed by atoms with Crippen molar-refractivity contribution < 1.29 is 14.2 Å². The fourth-order valence-electron chi connectivity index (χ4n) is 8.86. The molecule has 0 bridgehead atoms. The van der Waals surface area contributed by atoms with Gasteiger partial charge in [0.15, 0.2) is 0 Å². The van der Waals surface area contributed by atoms with Crippen LogP contribution in [0.4, 0.5) is 4.39 Å². The van der Waals surface area contributed by atoms with Crippen LogP contribution in [-0.2, 0) is 0 Å². The van der Waals surface area contributed by atoms with Gasteiger partial charge in [-0.05, 0) is 116 Å². The van der Waals surface area contributed by atoms with Crippen molar-refractivity contribution in [3.05, 3.63) is 59.6 Å². The lowest BCUT2D eigenvalue weighted by atomic mass is 9.47. The molecule has 1 aromatic heterocycles. The largest absolute Gasteiger partial charge is 0.478 e. The van der Waals surface area contributed by atoms with Gasteiger partial charge in [0.2, 0.25) is 5.88 Å². The topological polar surface area (TPSA) is 42.4 Å². The summed E-state index contributed by atoms with van der Waals surface area (Å²) in [7, 11) is 0. The number of nitrogens with zero attached hydrogens (tertiary/aromatic N) is 1. The molecule has 1 aromatic carbocycles. The van der Waals surface area contributed by atoms with Crippen LogP contribution in [0.2, 0.25) is 0 Å². The van der Waals surface area contributed by atoms with Crippen LogP contribution in [0, 0.1) is 34.4 Å². The summed E-state index contributed by atoms with van der Waals surface area (Å²) >= 11 is 0. The van der Waals surface area contributed by atoms with E-state index in [1.807, 2.05) is 25.1 Å². The Labute approximate surface area is 215 Å². The summed E-state index contributed by atoms with van der Waals surface area (Å²) in [5.74, 6) is 3.04. The summed E-state index contributed by atoms with van der Waals surface area (Å²) in [6.07, 6.45) is 11.4. The van der Waals surface area contributed by atoms with Crippen molar-refractivity contribution in [2.24, 2.45) is 28.6 Å². The van der Waals surface area contributed by atoms with E-state index in [1.54, 1.807) is 0 Å². The third-order valence-corrected chi connectivity index (χ3v) is 10.7. The van der Waals surface area contributed by atoms with Crippen LogP contribution in [0.15, 0.2) is 48.0 Å². The maximum Gasteiger partial charge on any atom is 0.214 e. The zero-order valence-electron chi connectivity index (χ0n) is 22.0. The molecule has 0 amide bonds. The number of halogens is 1. The SMILES string of the molecule is CCOc1cc(-c2ccc(F)cc2)cc([C@H]2CC[C@H]3[C@@H]4CC=C5C[C@@H](O)CC[C@]5(C)[C@H]4CC[C@]23C)n1. The molecule has 7 atom stereocenters. The van der Waals surface area contributed by atoms with Gasteiger partial charge in [0, 0.05) is 17.7 Å². The Balaban J connectivity index is 1.33. The molecule has 4 aliphatic carbocycles. The minimum absolute atomic E-state index is 0.149. The zero-order valence-corrected chi connectivity index (χ0v) is 22.0. The second kappa shape index (κ2) is 8.97. The van der Waals surface area contributed by atoms with Gasteiger partial charge in [-0.1, -0.05) is 37.6 Å². The minimum atomic E-state index is -0.216. The number of benzene rings is 1. The molecule has 6 rings (SSSR count). The Morgan fingerprint density at radius 3 is 2.58 bits per heavy atom. The highest BCUT2D eigenvalue weighted by Gasteiger charge is 2.59. The standard InChI is InChI=1S/C32H40FNO2/c1-4-36-30-18-21(20-5-8-23(33)9-6-20)17-29(34-30)28-12-11-26-25-10-7-22-19-24(35)13-15-31(22,2)27(25)14-16-32(26,28)3/h5-9,17-18,24-28,35H,4,10-16,19H2,1-3H3/t24-,25-,26-,27-,28+,31-,32-/m0/s1. The minimum Gasteiger partial charge on any atom is -0.478 e. The number of pyridine rings is 1. The average molecular weight is 490 g/mol. The van der Waals surface area contributed by atoms with Gasteiger partial charge in [-0.2, -0.15) is 0 Å². The first-order chi connectivity index (χ1) is 17.3. The van der Waals surface area contributed by atoms with Crippen LogP contribution in [0.1, 0.15) is 83.7 Å². The molecule has 36 heavy (non-hydrogen) atoms. The fraction of sp³-hybridized carbons (Fsp3) is 0.594. The molecule has 1 N–H and O–H groups in total. The highest BCUT2D eigenvalue weighted by atomic mass is 19.1. The van der Waals surface area contributed by atoms with E-state index in [4.69, 9.17) is 9.72 Å². The number of ether oxygens (including phenoxy) is 1. The highest BCUT2D eigenvalue weighted by molar-refractivity contribution is 5.65. The number of aliphatic hydroxyl groups is 1. The molecule has 0 radical (unpaired) electrons. The summed E-state index contributed by atoms with van der Waals surface area (Å²) < 4.78 is 19.5. The number of aromatic nitrogens is 1. The maximum absolute atomic E-state index is 13.6. The lowest BCUT2D eigenvalue weighted by Crippen LogP contribution is -2.50. The quantitative estimate of drug-likeness (QED) is 0.448. The number of hydrogen-bond donors (Lipinski definition) is 1. The number of rotatable bonds is 4. The van der Waals surface area contributed by atoms with E-state index in [-0.39, 0.29) is 22.8 Å². The molecule has 4 heteroatoms. The summed E-state index contributed by atoms with van der Waals surface area (Å²) in [5.41, 5.74) is 5.24. The van der Waals surface area contributed by atoms with Crippen molar-refractivity contribution in [1.82, 2.24) is 4.98 Å². The van der Waals surface area contributed by atoms with Crippen molar-refractivity contribution in [2.45, 2.75) is 84.2 Å². The molecule has 3 nitrogen and oxygen atoms in total. The Bertz CT molecular complexity index is 1160. The Morgan fingerprint density at radius 2 is 1.81 bits per heavy atom. The molecule has 3 fully saturated rings. The predicted octanol–water partition coefficient (Wildman–Crippen LogP) is 7.69. The van der Waals surface area contributed by atoms with Crippen molar-refractivity contribution >= 4 is 0 Å². The van der Waals surface area contributed by atoms with Gasteiger partial charge in [0.05, 0.1) is 12.7 Å². The maximum atomic E-state index is 13.6. The molecular weight excluding hydrogens is 449 g/mol. The summed E-state index contributed by atoms with van der Waals surface area (Å²) in [6, 6.07) is 11.0. The van der Waals surface area contributed by atoms with Gasteiger partial charge in [-0.25, -0.2) is 9.37 Å². The van der Waals surface area contributed by atoms with Crippen LogP contribution >= 0.6 is 0 Å². The summed E-state index contributed by atoms with van der Waals surface area (Å²) in [5, 5.41) is 10.3. The van der Waals surface area contributed by atoms with Crippen LogP contribution < -0.4 is 4.74 Å². The summed E-state index contributed by atoms with van der Waals surface area (Å²) in [6.45, 7) is 7.61. The third kappa shape index (κ3) is 3.83. The smallest absolute Gasteiger partial charge is 0.214 e. The van der Waals surface area contributed by atoms with E-state index in [9.17, 15) is 9.50 Å². The Kier molecular flexibility index (Phi) is 6.02. The molecule has 0 saturated heterocycles. The fourth-order valence-corrected chi connectivity index (χ4v) is 8.86. The van der Waals surface area contributed by atoms with E-state index in [1.165, 1.54) is 49.8 Å². The normalized spacial score (nSPS) is 37.5. The van der Waals surface area contributed by atoms with Crippen molar-refractivity contribution in [1.29, 1.82) is 0 Å². The Morgan fingerprint density at radius 1 is 1.00 bits per heavy atom. The third-order valence-electron chi connectivity index (χ3n) is 10.7. The molecule has 0 aliphatic heterocycles. The number of hydrogen-bond acceptors (Lipinski definition) is 3. The molecule has 2 aromatic rings.